The number of aliphatic hydroxyl groups excluding tert-OH is 2. The molecule has 0 aliphatic rings. The second kappa shape index (κ2) is 5.35. The zero-order chi connectivity index (χ0) is 13.0. The van der Waals surface area contributed by atoms with Gasteiger partial charge in [-0.05, 0) is 12.1 Å². The first-order chi connectivity index (χ1) is 8.01. The van der Waals surface area contributed by atoms with Crippen molar-refractivity contribution >= 4 is 0 Å². The van der Waals surface area contributed by atoms with Crippen molar-refractivity contribution in [2.75, 3.05) is 0 Å². The summed E-state index contributed by atoms with van der Waals surface area (Å²) in [6, 6.07) is 4.47. The molecule has 0 heterocycles. The quantitative estimate of drug-likeness (QED) is 0.826. The number of rotatable bonds is 3. The Morgan fingerprint density at radius 1 is 1.18 bits per heavy atom. The molecule has 0 radical (unpaired) electrons. The fraction of sp³-hybridized carbons (Fsp3) is 0.273. The molecule has 1 aromatic rings. The Morgan fingerprint density at radius 2 is 1.76 bits per heavy atom. The largest absolute Gasteiger partial charge is 0.389 e. The molecule has 0 aromatic heterocycles. The smallest absolute Gasteiger partial charge is 0.160 e. The van der Waals surface area contributed by atoms with Gasteiger partial charge in [0.05, 0.1) is 30.2 Å². The van der Waals surface area contributed by atoms with Crippen molar-refractivity contribution in [3.05, 3.63) is 34.9 Å². The zero-order valence-electron chi connectivity index (χ0n) is 8.56. The number of nitrogens with zero attached hydrogens (tertiary/aromatic N) is 2. The second-order valence-corrected chi connectivity index (χ2v) is 3.34. The van der Waals surface area contributed by atoms with Crippen LogP contribution in [0.5, 0.6) is 0 Å². The maximum Gasteiger partial charge on any atom is 0.160 e. The number of aliphatic hydroxyl groups is 2. The monoisotopic (exact) mass is 238 g/mol. The van der Waals surface area contributed by atoms with Crippen LogP contribution in [0, 0.1) is 34.3 Å². The minimum absolute atomic E-state index is 0.242. The fourth-order valence-electron chi connectivity index (χ4n) is 1.32. The Labute approximate surface area is 96.0 Å². The molecule has 0 amide bonds. The van der Waals surface area contributed by atoms with Crippen molar-refractivity contribution in [2.24, 2.45) is 0 Å². The van der Waals surface area contributed by atoms with Gasteiger partial charge in [0.1, 0.15) is 6.10 Å². The lowest BCUT2D eigenvalue weighted by atomic mass is 9.97. The third kappa shape index (κ3) is 2.76. The van der Waals surface area contributed by atoms with Crippen LogP contribution in [0.15, 0.2) is 12.1 Å². The summed E-state index contributed by atoms with van der Waals surface area (Å²) < 4.78 is 25.8. The lowest BCUT2D eigenvalue weighted by Gasteiger charge is -2.16. The molecule has 17 heavy (non-hydrogen) atoms. The molecule has 1 aromatic carbocycles. The van der Waals surface area contributed by atoms with E-state index in [1.807, 2.05) is 0 Å². The summed E-state index contributed by atoms with van der Waals surface area (Å²) in [5.41, 5.74) is -0.525. The SMILES string of the molecule is N#CCC(O)C(O)c1cc(F)c(F)cc1C#N. The molecule has 0 aliphatic carbocycles. The first kappa shape index (κ1) is 13.0. The van der Waals surface area contributed by atoms with Crippen molar-refractivity contribution in [3.8, 4) is 12.1 Å². The van der Waals surface area contributed by atoms with Crippen LogP contribution >= 0.6 is 0 Å². The number of nitriles is 2. The van der Waals surface area contributed by atoms with Crippen LogP contribution in [0.4, 0.5) is 8.78 Å². The standard InChI is InChI=1S/C11H8F2N2O2/c12-8-3-6(5-15)7(4-9(8)13)11(17)10(16)1-2-14/h3-4,10-11,16-17H,1H2. The highest BCUT2D eigenvalue weighted by molar-refractivity contribution is 5.40. The second-order valence-electron chi connectivity index (χ2n) is 3.34. The molecule has 4 nitrogen and oxygen atoms in total. The van der Waals surface area contributed by atoms with Crippen molar-refractivity contribution in [3.63, 3.8) is 0 Å². The van der Waals surface area contributed by atoms with Gasteiger partial charge >= 0.3 is 0 Å². The van der Waals surface area contributed by atoms with Gasteiger partial charge in [-0.3, -0.25) is 0 Å². The van der Waals surface area contributed by atoms with E-state index in [9.17, 15) is 19.0 Å². The third-order valence-corrected chi connectivity index (χ3v) is 2.20. The van der Waals surface area contributed by atoms with E-state index in [2.05, 4.69) is 0 Å². The van der Waals surface area contributed by atoms with Gasteiger partial charge in [-0.25, -0.2) is 8.78 Å². The molecular formula is C11H8F2N2O2. The van der Waals surface area contributed by atoms with Crippen molar-refractivity contribution in [2.45, 2.75) is 18.6 Å². The molecular weight excluding hydrogens is 230 g/mol. The summed E-state index contributed by atoms with van der Waals surface area (Å²) >= 11 is 0. The van der Waals surface area contributed by atoms with Gasteiger partial charge in [0.25, 0.3) is 0 Å². The lowest BCUT2D eigenvalue weighted by molar-refractivity contribution is 0.0212. The highest BCUT2D eigenvalue weighted by Gasteiger charge is 2.23. The molecule has 1 rings (SSSR count). The van der Waals surface area contributed by atoms with Crippen molar-refractivity contribution in [1.82, 2.24) is 0 Å². The van der Waals surface area contributed by atoms with Crippen molar-refractivity contribution in [1.29, 1.82) is 10.5 Å². The Hall–Kier alpha value is -2.02. The topological polar surface area (TPSA) is 88.0 Å². The molecule has 0 saturated heterocycles. The summed E-state index contributed by atoms with van der Waals surface area (Å²) in [4.78, 5) is 0. The molecule has 0 saturated carbocycles. The highest BCUT2D eigenvalue weighted by atomic mass is 19.2. The maximum atomic E-state index is 13.0. The summed E-state index contributed by atoms with van der Waals surface area (Å²) in [5.74, 6) is -2.45. The van der Waals surface area contributed by atoms with E-state index < -0.39 is 23.8 Å². The van der Waals surface area contributed by atoms with Crippen LogP contribution in [-0.2, 0) is 0 Å². The first-order valence-corrected chi connectivity index (χ1v) is 4.63. The van der Waals surface area contributed by atoms with Gasteiger partial charge in [-0.2, -0.15) is 10.5 Å². The Bertz CT molecular complexity index is 505. The summed E-state index contributed by atoms with van der Waals surface area (Å²) in [6.45, 7) is 0. The van der Waals surface area contributed by atoms with E-state index in [4.69, 9.17) is 10.5 Å². The number of halogens is 2. The zero-order valence-corrected chi connectivity index (χ0v) is 8.56. The van der Waals surface area contributed by atoms with E-state index in [0.29, 0.717) is 12.1 Å². The molecule has 0 fully saturated rings. The van der Waals surface area contributed by atoms with E-state index in [0.717, 1.165) is 0 Å². The summed E-state index contributed by atoms with van der Waals surface area (Å²) in [5, 5.41) is 36.0. The highest BCUT2D eigenvalue weighted by Crippen LogP contribution is 2.24. The fourth-order valence-corrected chi connectivity index (χ4v) is 1.32. The van der Waals surface area contributed by atoms with Gasteiger partial charge in [-0.1, -0.05) is 0 Å². The van der Waals surface area contributed by atoms with Gasteiger partial charge < -0.3 is 10.2 Å². The van der Waals surface area contributed by atoms with Crippen LogP contribution in [0.25, 0.3) is 0 Å². The van der Waals surface area contributed by atoms with Gasteiger partial charge in [0.15, 0.2) is 11.6 Å². The minimum Gasteiger partial charge on any atom is -0.389 e. The van der Waals surface area contributed by atoms with E-state index in [-0.39, 0.29) is 17.5 Å². The third-order valence-electron chi connectivity index (χ3n) is 2.20. The average molecular weight is 238 g/mol. The predicted octanol–water partition coefficient (Wildman–Crippen LogP) is 1.14. The normalized spacial score (nSPS) is 13.5. The van der Waals surface area contributed by atoms with Gasteiger partial charge in [0, 0.05) is 5.56 Å². The molecule has 0 bridgehead atoms. The number of hydrogen-bond donors (Lipinski definition) is 2. The number of benzene rings is 1. The van der Waals surface area contributed by atoms with Crippen LogP contribution in [0.3, 0.4) is 0 Å². The van der Waals surface area contributed by atoms with E-state index in [1.54, 1.807) is 12.1 Å². The van der Waals surface area contributed by atoms with Crippen LogP contribution in [0.1, 0.15) is 23.7 Å². The Balaban J connectivity index is 3.18. The maximum absolute atomic E-state index is 13.0. The number of hydrogen-bond acceptors (Lipinski definition) is 4. The van der Waals surface area contributed by atoms with E-state index >= 15 is 0 Å². The van der Waals surface area contributed by atoms with Crippen LogP contribution < -0.4 is 0 Å². The molecule has 2 unspecified atom stereocenters. The Kier molecular flexibility index (Phi) is 4.11. The summed E-state index contributed by atoms with van der Waals surface area (Å²) in [6.07, 6.45) is -3.46. The predicted molar refractivity (Wildman–Crippen MR) is 52.3 cm³/mol. The van der Waals surface area contributed by atoms with Crippen LogP contribution in [0.2, 0.25) is 0 Å². The van der Waals surface area contributed by atoms with Crippen molar-refractivity contribution < 1.29 is 19.0 Å². The minimum atomic E-state index is -1.61. The molecule has 6 heteroatoms. The molecule has 2 N–H and O–H groups in total. The van der Waals surface area contributed by atoms with E-state index in [1.165, 1.54) is 0 Å². The van der Waals surface area contributed by atoms with Gasteiger partial charge in [0.2, 0.25) is 0 Å². The first-order valence-electron chi connectivity index (χ1n) is 4.63. The molecule has 0 aliphatic heterocycles. The molecule has 0 spiro atoms. The molecule has 88 valence electrons. The van der Waals surface area contributed by atoms with Gasteiger partial charge in [-0.15, -0.1) is 0 Å². The average Bonchev–Trinajstić information content (AvgIpc) is 2.31. The van der Waals surface area contributed by atoms with Crippen LogP contribution in [-0.4, -0.2) is 16.3 Å². The molecule has 2 atom stereocenters. The lowest BCUT2D eigenvalue weighted by Crippen LogP contribution is -2.19. The summed E-state index contributed by atoms with van der Waals surface area (Å²) in [7, 11) is 0. The Morgan fingerprint density at radius 3 is 2.29 bits per heavy atom.